The molecule has 0 saturated heterocycles. The molecule has 74 valence electrons. The largest absolute Gasteiger partial charge is 0.297 e. The number of hydrogen-bond donors (Lipinski definition) is 0. The Morgan fingerprint density at radius 3 is 3.07 bits per heavy atom. The lowest BCUT2D eigenvalue weighted by Crippen LogP contribution is -2.21. The zero-order valence-electron chi connectivity index (χ0n) is 8.00. The van der Waals surface area contributed by atoms with Crippen LogP contribution in [-0.4, -0.2) is 17.9 Å². The maximum atomic E-state index is 4.32. The fourth-order valence-electron chi connectivity index (χ4n) is 1.65. The zero-order valence-corrected chi connectivity index (χ0v) is 8.81. The van der Waals surface area contributed by atoms with Crippen molar-refractivity contribution in [3.8, 4) is 0 Å². The van der Waals surface area contributed by atoms with Gasteiger partial charge in [-0.2, -0.15) is 0 Å². The number of benzene rings is 1. The summed E-state index contributed by atoms with van der Waals surface area (Å²) in [5, 5.41) is 2.98. The molecule has 0 unspecified atom stereocenters. The Kier molecular flexibility index (Phi) is 1.99. The predicted molar refractivity (Wildman–Crippen MR) is 63.2 cm³/mol. The van der Waals surface area contributed by atoms with Crippen molar-refractivity contribution in [1.29, 1.82) is 0 Å². The Balaban J connectivity index is 2.10. The average molecular weight is 215 g/mol. The fourth-order valence-corrected chi connectivity index (χ4v) is 2.30. The van der Waals surface area contributed by atoms with E-state index in [-0.39, 0.29) is 0 Å². The highest BCUT2D eigenvalue weighted by Gasteiger charge is 2.16. The maximum absolute atomic E-state index is 4.32. The molecule has 1 aliphatic rings. The van der Waals surface area contributed by atoms with Crippen molar-refractivity contribution >= 4 is 28.4 Å². The molecule has 0 radical (unpaired) electrons. The van der Waals surface area contributed by atoms with Gasteiger partial charge in [-0.05, 0) is 6.07 Å². The number of hydrogen-bond acceptors (Lipinski definition) is 4. The summed E-state index contributed by atoms with van der Waals surface area (Å²) >= 11 is 1.63. The Hall–Kier alpha value is -1.68. The first kappa shape index (κ1) is 8.61. The van der Waals surface area contributed by atoms with E-state index < -0.39 is 0 Å². The smallest absolute Gasteiger partial charge is 0.191 e. The normalized spacial score (nSPS) is 14.0. The van der Waals surface area contributed by atoms with E-state index in [2.05, 4.69) is 27.0 Å². The van der Waals surface area contributed by atoms with Crippen LogP contribution in [0, 0.1) is 0 Å². The van der Waals surface area contributed by atoms with Gasteiger partial charge in [0.1, 0.15) is 6.67 Å². The first-order valence-electron chi connectivity index (χ1n) is 4.71. The summed E-state index contributed by atoms with van der Waals surface area (Å²) < 4.78 is 0. The Labute approximate surface area is 91.7 Å². The summed E-state index contributed by atoms with van der Waals surface area (Å²) in [5.41, 5.74) is 2.33. The van der Waals surface area contributed by atoms with Crippen LogP contribution in [0.1, 0.15) is 5.56 Å². The van der Waals surface area contributed by atoms with E-state index >= 15 is 0 Å². The number of aromatic nitrogens is 1. The van der Waals surface area contributed by atoms with Crippen molar-refractivity contribution in [1.82, 2.24) is 4.98 Å². The van der Waals surface area contributed by atoms with Gasteiger partial charge >= 0.3 is 0 Å². The van der Waals surface area contributed by atoms with Crippen LogP contribution >= 0.6 is 11.3 Å². The van der Waals surface area contributed by atoms with E-state index in [0.29, 0.717) is 6.67 Å². The molecule has 3 rings (SSSR count). The molecule has 0 spiro atoms. The van der Waals surface area contributed by atoms with E-state index in [9.17, 15) is 0 Å². The SMILES string of the molecule is C1=NCN(c2nccs2)c2ccccc21. The lowest BCUT2D eigenvalue weighted by molar-refractivity contribution is 0.962. The molecule has 0 saturated carbocycles. The molecule has 1 aliphatic heterocycles. The quantitative estimate of drug-likeness (QED) is 0.731. The fraction of sp³-hybridized carbons (Fsp3) is 0.0909. The standard InChI is InChI=1S/C11H9N3S/c1-2-4-10-9(3-1)7-12-8-14(10)11-13-5-6-15-11/h1-7H,8H2. The van der Waals surface area contributed by atoms with Crippen molar-refractivity contribution in [3.05, 3.63) is 41.4 Å². The van der Waals surface area contributed by atoms with E-state index in [4.69, 9.17) is 0 Å². The minimum Gasteiger partial charge on any atom is -0.297 e. The van der Waals surface area contributed by atoms with E-state index in [1.807, 2.05) is 29.9 Å². The first-order valence-corrected chi connectivity index (χ1v) is 5.59. The van der Waals surface area contributed by atoms with Crippen molar-refractivity contribution in [3.63, 3.8) is 0 Å². The van der Waals surface area contributed by atoms with Crippen LogP contribution in [0.2, 0.25) is 0 Å². The predicted octanol–water partition coefficient (Wildman–Crippen LogP) is 2.67. The van der Waals surface area contributed by atoms with Crippen LogP contribution in [-0.2, 0) is 0 Å². The highest BCUT2D eigenvalue weighted by Crippen LogP contribution is 2.30. The molecule has 0 atom stereocenters. The molecule has 0 bridgehead atoms. The average Bonchev–Trinajstić information content (AvgIpc) is 2.82. The van der Waals surface area contributed by atoms with Gasteiger partial charge in [-0.1, -0.05) is 18.2 Å². The maximum Gasteiger partial charge on any atom is 0.191 e. The summed E-state index contributed by atoms with van der Waals surface area (Å²) in [5.74, 6) is 0. The second kappa shape index (κ2) is 3.47. The van der Waals surface area contributed by atoms with Crippen molar-refractivity contribution in [2.75, 3.05) is 11.6 Å². The molecular formula is C11H9N3S. The van der Waals surface area contributed by atoms with Gasteiger partial charge in [0.05, 0.1) is 5.69 Å². The number of anilines is 2. The minimum atomic E-state index is 0.657. The molecular weight excluding hydrogens is 206 g/mol. The highest BCUT2D eigenvalue weighted by atomic mass is 32.1. The number of nitrogens with zero attached hydrogens (tertiary/aromatic N) is 3. The second-order valence-electron chi connectivity index (χ2n) is 3.25. The molecule has 1 aromatic heterocycles. The zero-order chi connectivity index (χ0) is 10.1. The van der Waals surface area contributed by atoms with Crippen molar-refractivity contribution in [2.24, 2.45) is 4.99 Å². The van der Waals surface area contributed by atoms with E-state index in [0.717, 1.165) is 10.7 Å². The van der Waals surface area contributed by atoms with Crippen LogP contribution in [0.25, 0.3) is 0 Å². The molecule has 0 amide bonds. The van der Waals surface area contributed by atoms with Crippen LogP contribution in [0.5, 0.6) is 0 Å². The van der Waals surface area contributed by atoms with Gasteiger partial charge in [0.15, 0.2) is 5.13 Å². The molecule has 3 nitrogen and oxygen atoms in total. The van der Waals surface area contributed by atoms with Crippen LogP contribution in [0.15, 0.2) is 40.8 Å². The Morgan fingerprint density at radius 1 is 1.27 bits per heavy atom. The molecule has 0 aliphatic carbocycles. The number of aliphatic imine (C=N–C) groups is 1. The molecule has 4 heteroatoms. The summed E-state index contributed by atoms with van der Waals surface area (Å²) in [6, 6.07) is 8.23. The highest BCUT2D eigenvalue weighted by molar-refractivity contribution is 7.13. The third-order valence-electron chi connectivity index (χ3n) is 2.33. The summed E-state index contributed by atoms with van der Waals surface area (Å²) in [7, 11) is 0. The lowest BCUT2D eigenvalue weighted by atomic mass is 10.1. The second-order valence-corrected chi connectivity index (χ2v) is 4.13. The molecule has 15 heavy (non-hydrogen) atoms. The lowest BCUT2D eigenvalue weighted by Gasteiger charge is -2.24. The van der Waals surface area contributed by atoms with E-state index in [1.54, 1.807) is 11.3 Å². The van der Waals surface area contributed by atoms with Gasteiger partial charge in [-0.15, -0.1) is 11.3 Å². The van der Waals surface area contributed by atoms with Crippen LogP contribution < -0.4 is 4.90 Å². The monoisotopic (exact) mass is 215 g/mol. The number of fused-ring (bicyclic) bond motifs is 1. The van der Waals surface area contributed by atoms with Crippen LogP contribution in [0.4, 0.5) is 10.8 Å². The van der Waals surface area contributed by atoms with Gasteiger partial charge in [-0.3, -0.25) is 9.89 Å². The van der Waals surface area contributed by atoms with Crippen LogP contribution in [0.3, 0.4) is 0 Å². The third kappa shape index (κ3) is 1.43. The van der Waals surface area contributed by atoms with Crippen molar-refractivity contribution in [2.45, 2.75) is 0 Å². The summed E-state index contributed by atoms with van der Waals surface area (Å²) in [6.45, 7) is 0.657. The Morgan fingerprint density at radius 2 is 2.20 bits per heavy atom. The van der Waals surface area contributed by atoms with Gasteiger partial charge in [0.2, 0.25) is 0 Å². The molecule has 2 aromatic rings. The van der Waals surface area contributed by atoms with Gasteiger partial charge in [0.25, 0.3) is 0 Å². The van der Waals surface area contributed by atoms with Gasteiger partial charge in [0, 0.05) is 23.4 Å². The van der Waals surface area contributed by atoms with E-state index in [1.165, 1.54) is 5.69 Å². The van der Waals surface area contributed by atoms with Gasteiger partial charge in [-0.25, -0.2) is 4.98 Å². The number of para-hydroxylation sites is 1. The molecule has 1 aromatic carbocycles. The summed E-state index contributed by atoms with van der Waals surface area (Å²) in [4.78, 5) is 10.8. The molecule has 0 fully saturated rings. The Bertz CT molecular complexity index is 490. The number of rotatable bonds is 1. The van der Waals surface area contributed by atoms with Gasteiger partial charge < -0.3 is 0 Å². The summed E-state index contributed by atoms with van der Waals surface area (Å²) in [6.07, 6.45) is 3.74. The minimum absolute atomic E-state index is 0.657. The first-order chi connectivity index (χ1) is 7.45. The van der Waals surface area contributed by atoms with Crippen molar-refractivity contribution < 1.29 is 0 Å². The topological polar surface area (TPSA) is 28.5 Å². The number of thiazole rings is 1. The molecule has 0 N–H and O–H groups in total. The molecule has 2 heterocycles. The third-order valence-corrected chi connectivity index (χ3v) is 3.13.